The summed E-state index contributed by atoms with van der Waals surface area (Å²) in [7, 11) is 0. The highest BCUT2D eigenvalue weighted by atomic mass is 35.5. The van der Waals surface area contributed by atoms with Gasteiger partial charge in [0.1, 0.15) is 11.5 Å². The van der Waals surface area contributed by atoms with E-state index in [0.29, 0.717) is 12.5 Å². The van der Waals surface area contributed by atoms with Crippen molar-refractivity contribution >= 4 is 29.2 Å². The molecule has 0 radical (unpaired) electrons. The third-order valence-electron chi connectivity index (χ3n) is 5.37. The lowest BCUT2D eigenvalue weighted by Crippen LogP contribution is -2.32. The number of pyridine rings is 2. The lowest BCUT2D eigenvalue weighted by molar-refractivity contribution is -0.141. The molecule has 4 rings (SSSR count). The average Bonchev–Trinajstić information content (AvgIpc) is 3.24. The predicted molar refractivity (Wildman–Crippen MR) is 123 cm³/mol. The molecule has 2 N–H and O–H groups in total. The van der Waals surface area contributed by atoms with Crippen molar-refractivity contribution in [3.63, 3.8) is 0 Å². The number of alkyl halides is 3. The first-order valence-corrected chi connectivity index (χ1v) is 11.4. The Morgan fingerprint density at radius 1 is 1.14 bits per heavy atom. The van der Waals surface area contributed by atoms with Gasteiger partial charge in [-0.3, -0.25) is 9.59 Å². The van der Waals surface area contributed by atoms with Gasteiger partial charge in [0.2, 0.25) is 0 Å². The number of aromatic nitrogens is 4. The first-order chi connectivity index (χ1) is 16.5. The molecule has 1 aliphatic carbocycles. The lowest BCUT2D eigenvalue weighted by Gasteiger charge is -2.19. The topological polar surface area (TPSA) is 102 Å². The number of nitrogens with one attached hydrogen (secondary N) is 2. The third-order valence-corrected chi connectivity index (χ3v) is 5.66. The van der Waals surface area contributed by atoms with Crippen LogP contribution in [0.2, 0.25) is 5.02 Å². The molecule has 0 fully saturated rings. The van der Waals surface area contributed by atoms with E-state index in [9.17, 15) is 22.8 Å². The summed E-state index contributed by atoms with van der Waals surface area (Å²) in [6.07, 6.45) is -0.214. The molecule has 0 bridgehead atoms. The van der Waals surface area contributed by atoms with Crippen LogP contribution in [0.15, 0.2) is 30.5 Å². The van der Waals surface area contributed by atoms with Crippen LogP contribution < -0.4 is 10.6 Å². The summed E-state index contributed by atoms with van der Waals surface area (Å²) in [5, 5.41) is 8.81. The molecule has 0 spiro atoms. The van der Waals surface area contributed by atoms with E-state index >= 15 is 0 Å². The Labute approximate surface area is 203 Å². The molecule has 0 atom stereocenters. The Kier molecular flexibility index (Phi) is 6.79. The monoisotopic (exact) mass is 506 g/mol. The second-order valence-electron chi connectivity index (χ2n) is 8.41. The first kappa shape index (κ1) is 24.6. The van der Waals surface area contributed by atoms with Crippen molar-refractivity contribution in [1.29, 1.82) is 0 Å². The molecule has 0 saturated heterocycles. The number of hydrogen-bond acceptors (Lipinski definition) is 5. The van der Waals surface area contributed by atoms with Crippen molar-refractivity contribution in [2.75, 3.05) is 5.32 Å². The Balaban J connectivity index is 1.78. The van der Waals surface area contributed by atoms with Crippen LogP contribution in [0.4, 0.5) is 19.0 Å². The highest BCUT2D eigenvalue weighted by molar-refractivity contribution is 6.32. The molecule has 2 amide bonds. The van der Waals surface area contributed by atoms with Gasteiger partial charge in [-0.1, -0.05) is 11.6 Å². The summed E-state index contributed by atoms with van der Waals surface area (Å²) in [4.78, 5) is 34.6. The molecular weight excluding hydrogens is 485 g/mol. The number of aryl methyl sites for hydroxylation is 2. The van der Waals surface area contributed by atoms with E-state index in [0.717, 1.165) is 35.2 Å². The summed E-state index contributed by atoms with van der Waals surface area (Å²) in [6, 6.07) is 5.02. The number of fused-ring (bicyclic) bond motifs is 1. The molecule has 3 aromatic heterocycles. The van der Waals surface area contributed by atoms with Crippen LogP contribution in [0.5, 0.6) is 0 Å². The Hall–Kier alpha value is -3.47. The minimum atomic E-state index is -4.81. The second-order valence-corrected chi connectivity index (χ2v) is 8.82. The summed E-state index contributed by atoms with van der Waals surface area (Å²) >= 11 is 6.11. The molecule has 1 aliphatic rings. The Bertz CT molecular complexity index is 1290. The van der Waals surface area contributed by atoms with Crippen molar-refractivity contribution in [1.82, 2.24) is 25.1 Å². The molecule has 0 saturated carbocycles. The van der Waals surface area contributed by atoms with E-state index in [4.69, 9.17) is 11.6 Å². The molecule has 35 heavy (non-hydrogen) atoms. The van der Waals surface area contributed by atoms with E-state index in [-0.39, 0.29) is 28.3 Å². The second kappa shape index (κ2) is 9.65. The van der Waals surface area contributed by atoms with Gasteiger partial charge in [-0.2, -0.15) is 18.3 Å². The molecule has 12 heteroatoms. The SMILES string of the molecule is CC(C)NC(=O)c1cc2c(nc1NC(=O)c1cc(C(F)(F)F)nn1-c1ncccc1Cl)CCCC2. The third kappa shape index (κ3) is 5.29. The van der Waals surface area contributed by atoms with Crippen molar-refractivity contribution in [3.8, 4) is 5.82 Å². The van der Waals surface area contributed by atoms with E-state index < -0.39 is 29.4 Å². The number of anilines is 1. The zero-order valence-corrected chi connectivity index (χ0v) is 19.7. The van der Waals surface area contributed by atoms with E-state index in [1.165, 1.54) is 18.3 Å². The van der Waals surface area contributed by atoms with Crippen LogP contribution in [0.3, 0.4) is 0 Å². The number of hydrogen-bond donors (Lipinski definition) is 2. The Morgan fingerprint density at radius 2 is 1.89 bits per heavy atom. The maximum atomic E-state index is 13.4. The van der Waals surface area contributed by atoms with Gasteiger partial charge in [0.25, 0.3) is 11.8 Å². The van der Waals surface area contributed by atoms with E-state index in [2.05, 4.69) is 25.7 Å². The van der Waals surface area contributed by atoms with Gasteiger partial charge in [-0.15, -0.1) is 0 Å². The van der Waals surface area contributed by atoms with Crippen molar-refractivity contribution in [2.45, 2.75) is 51.7 Å². The summed E-state index contributed by atoms with van der Waals surface area (Å²) in [5.74, 6) is -1.58. The normalized spacial score (nSPS) is 13.5. The lowest BCUT2D eigenvalue weighted by atomic mass is 9.94. The molecule has 184 valence electrons. The van der Waals surface area contributed by atoms with Crippen molar-refractivity contribution in [2.24, 2.45) is 0 Å². The largest absolute Gasteiger partial charge is 0.435 e. The van der Waals surface area contributed by atoms with Gasteiger partial charge in [0, 0.05) is 24.0 Å². The number of nitrogens with zero attached hydrogens (tertiary/aromatic N) is 4. The Morgan fingerprint density at radius 3 is 2.57 bits per heavy atom. The fourth-order valence-corrected chi connectivity index (χ4v) is 3.99. The van der Waals surface area contributed by atoms with E-state index in [1.807, 2.05) is 0 Å². The van der Waals surface area contributed by atoms with Crippen LogP contribution in [0.1, 0.15) is 64.5 Å². The predicted octanol–water partition coefficient (Wildman–Crippen LogP) is 4.60. The number of carbonyl (C=O) groups is 2. The van der Waals surface area contributed by atoms with Crippen LogP contribution in [-0.2, 0) is 19.0 Å². The minimum Gasteiger partial charge on any atom is -0.350 e. The number of carbonyl (C=O) groups excluding carboxylic acids is 2. The van der Waals surface area contributed by atoms with Gasteiger partial charge in [-0.05, 0) is 63.3 Å². The molecule has 0 aliphatic heterocycles. The highest BCUT2D eigenvalue weighted by Gasteiger charge is 2.37. The summed E-state index contributed by atoms with van der Waals surface area (Å²) < 4.78 is 41.1. The highest BCUT2D eigenvalue weighted by Crippen LogP contribution is 2.31. The molecule has 3 heterocycles. The van der Waals surface area contributed by atoms with Gasteiger partial charge in [0.15, 0.2) is 11.5 Å². The fraction of sp³-hybridized carbons (Fsp3) is 0.348. The van der Waals surface area contributed by atoms with Crippen LogP contribution >= 0.6 is 11.6 Å². The van der Waals surface area contributed by atoms with Gasteiger partial charge >= 0.3 is 6.18 Å². The fourth-order valence-electron chi connectivity index (χ4n) is 3.79. The van der Waals surface area contributed by atoms with Crippen LogP contribution in [0.25, 0.3) is 5.82 Å². The molecule has 0 unspecified atom stereocenters. The van der Waals surface area contributed by atoms with Crippen LogP contribution in [0, 0.1) is 0 Å². The number of halogens is 4. The zero-order valence-electron chi connectivity index (χ0n) is 18.9. The molecular formula is C23H22ClF3N6O2. The summed E-state index contributed by atoms with van der Waals surface area (Å²) in [5.41, 5.74) is 0.0246. The van der Waals surface area contributed by atoms with Gasteiger partial charge in [-0.25, -0.2) is 14.6 Å². The first-order valence-electron chi connectivity index (χ1n) is 11.0. The molecule has 0 aromatic carbocycles. The van der Waals surface area contributed by atoms with E-state index in [1.54, 1.807) is 19.9 Å². The number of amides is 2. The smallest absolute Gasteiger partial charge is 0.350 e. The quantitative estimate of drug-likeness (QED) is 0.526. The van der Waals surface area contributed by atoms with Crippen molar-refractivity contribution < 1.29 is 22.8 Å². The van der Waals surface area contributed by atoms with Crippen LogP contribution in [-0.4, -0.2) is 37.6 Å². The van der Waals surface area contributed by atoms with Gasteiger partial charge < -0.3 is 10.6 Å². The zero-order chi connectivity index (χ0) is 25.3. The molecule has 8 nitrogen and oxygen atoms in total. The minimum absolute atomic E-state index is 0.00211. The molecule has 3 aromatic rings. The van der Waals surface area contributed by atoms with Crippen molar-refractivity contribution in [3.05, 3.63) is 63.7 Å². The standard InChI is InChI=1S/C23H22ClF3N6O2/c1-12(2)29-21(34)14-10-13-6-3-4-8-16(13)30-19(14)31-22(35)17-11-18(23(25,26)27)32-33(17)20-15(24)7-5-9-28-20/h5,7,9-12H,3-4,6,8H2,1-2H3,(H,29,34)(H,30,31,35). The number of rotatable bonds is 5. The average molecular weight is 507 g/mol. The summed E-state index contributed by atoms with van der Waals surface area (Å²) in [6.45, 7) is 3.58. The van der Waals surface area contributed by atoms with Gasteiger partial charge in [0.05, 0.1) is 10.6 Å². The maximum Gasteiger partial charge on any atom is 0.435 e. The maximum absolute atomic E-state index is 13.4.